The zero-order chi connectivity index (χ0) is 25.7. The second-order valence-electron chi connectivity index (χ2n) is 8.68. The Morgan fingerprint density at radius 3 is 2.50 bits per heavy atom. The summed E-state index contributed by atoms with van der Waals surface area (Å²) in [6, 6.07) is 10.0. The zero-order valence-corrected chi connectivity index (χ0v) is 21.1. The third kappa shape index (κ3) is 6.48. The molecule has 0 spiro atoms. The van der Waals surface area contributed by atoms with Crippen LogP contribution in [0.2, 0.25) is 0 Å². The van der Waals surface area contributed by atoms with E-state index in [4.69, 9.17) is 24.6 Å². The molecule has 0 aliphatic carbocycles. The van der Waals surface area contributed by atoms with Crippen LogP contribution >= 0.6 is 0 Å². The van der Waals surface area contributed by atoms with E-state index in [1.54, 1.807) is 32.4 Å². The van der Waals surface area contributed by atoms with Gasteiger partial charge in [-0.2, -0.15) is 8.42 Å². The Labute approximate surface area is 210 Å². The summed E-state index contributed by atoms with van der Waals surface area (Å²) in [7, 11) is -0.515. The first-order valence-electron chi connectivity index (χ1n) is 11.7. The molecule has 3 N–H and O–H groups in total. The SMILES string of the molecule is COc1cc2nc(/C=C/c3cccc(F)c3)nc(N3CCC(CCNS(N)(=O)=O)CC3)c2cc1OC. The number of benzene rings is 2. The lowest BCUT2D eigenvalue weighted by atomic mass is 9.93. The highest BCUT2D eigenvalue weighted by Gasteiger charge is 2.23. The molecule has 0 radical (unpaired) electrons. The molecule has 3 aromatic rings. The van der Waals surface area contributed by atoms with Crippen LogP contribution in [0.25, 0.3) is 23.1 Å². The summed E-state index contributed by atoms with van der Waals surface area (Å²) in [5.74, 6) is 2.49. The number of hydrogen-bond acceptors (Lipinski definition) is 7. The Kier molecular flexibility index (Phi) is 8.02. The Balaban J connectivity index is 1.62. The van der Waals surface area contributed by atoms with Gasteiger partial charge in [0.05, 0.1) is 19.7 Å². The van der Waals surface area contributed by atoms with E-state index >= 15 is 0 Å². The number of ether oxygens (including phenoxy) is 2. The maximum Gasteiger partial charge on any atom is 0.274 e. The molecule has 1 fully saturated rings. The largest absolute Gasteiger partial charge is 0.493 e. The van der Waals surface area contributed by atoms with E-state index < -0.39 is 10.2 Å². The van der Waals surface area contributed by atoms with Crippen molar-refractivity contribution in [3.63, 3.8) is 0 Å². The third-order valence-electron chi connectivity index (χ3n) is 6.24. The lowest BCUT2D eigenvalue weighted by molar-refractivity contribution is 0.355. The molecule has 1 aromatic heterocycles. The van der Waals surface area contributed by atoms with E-state index in [1.165, 1.54) is 12.1 Å². The summed E-state index contributed by atoms with van der Waals surface area (Å²) in [6.07, 6.45) is 6.04. The van der Waals surface area contributed by atoms with Gasteiger partial charge in [0.15, 0.2) is 17.3 Å². The monoisotopic (exact) mass is 515 g/mol. The molecule has 9 nitrogen and oxygen atoms in total. The van der Waals surface area contributed by atoms with Crippen molar-refractivity contribution in [2.45, 2.75) is 19.3 Å². The molecule has 192 valence electrons. The van der Waals surface area contributed by atoms with Gasteiger partial charge in [-0.1, -0.05) is 18.2 Å². The molecule has 0 bridgehead atoms. The van der Waals surface area contributed by atoms with Crippen LogP contribution in [0.1, 0.15) is 30.7 Å². The number of nitrogens with two attached hydrogens (primary N) is 1. The van der Waals surface area contributed by atoms with Crippen molar-refractivity contribution < 1.29 is 22.3 Å². The van der Waals surface area contributed by atoms with Gasteiger partial charge < -0.3 is 14.4 Å². The van der Waals surface area contributed by atoms with Gasteiger partial charge >= 0.3 is 0 Å². The number of halogens is 1. The maximum atomic E-state index is 13.6. The van der Waals surface area contributed by atoms with Crippen LogP contribution in [0.5, 0.6) is 11.5 Å². The Bertz CT molecular complexity index is 1360. The lowest BCUT2D eigenvalue weighted by Crippen LogP contribution is -2.37. The minimum absolute atomic E-state index is 0.309. The molecule has 1 aliphatic heterocycles. The quantitative estimate of drug-likeness (QED) is 0.448. The number of rotatable bonds is 9. The molecule has 1 saturated heterocycles. The summed E-state index contributed by atoms with van der Waals surface area (Å²) < 4.78 is 49.2. The topological polar surface area (TPSA) is 120 Å². The van der Waals surface area contributed by atoms with Gasteiger partial charge in [-0.25, -0.2) is 24.2 Å². The summed E-state index contributed by atoms with van der Waals surface area (Å²) in [5.41, 5.74) is 1.41. The fraction of sp³-hybridized carbons (Fsp3) is 0.360. The van der Waals surface area contributed by atoms with Crippen molar-refractivity contribution in [2.24, 2.45) is 11.1 Å². The lowest BCUT2D eigenvalue weighted by Gasteiger charge is -2.33. The maximum absolute atomic E-state index is 13.6. The second-order valence-corrected chi connectivity index (χ2v) is 10.1. The smallest absolute Gasteiger partial charge is 0.274 e. The van der Waals surface area contributed by atoms with E-state index in [-0.39, 0.29) is 5.82 Å². The van der Waals surface area contributed by atoms with E-state index in [0.29, 0.717) is 40.9 Å². The van der Waals surface area contributed by atoms with Crippen molar-refractivity contribution in [1.82, 2.24) is 14.7 Å². The number of fused-ring (bicyclic) bond motifs is 1. The summed E-state index contributed by atoms with van der Waals surface area (Å²) in [5, 5.41) is 5.86. The van der Waals surface area contributed by atoms with Crippen LogP contribution in [0.3, 0.4) is 0 Å². The summed E-state index contributed by atoms with van der Waals surface area (Å²) in [4.78, 5) is 11.7. The molecule has 0 atom stereocenters. The highest BCUT2D eigenvalue weighted by molar-refractivity contribution is 7.87. The van der Waals surface area contributed by atoms with Crippen LogP contribution < -0.4 is 24.2 Å². The standard InChI is InChI=1S/C25H30FN5O4S/c1-34-22-15-20-21(16-23(22)35-2)29-24(7-6-18-4-3-5-19(26)14-18)30-25(20)31-12-9-17(10-13-31)8-11-28-36(27,32)33/h3-7,14-17,28H,8-13H2,1-2H3,(H2,27,32,33)/b7-6+. The van der Waals surface area contributed by atoms with Crippen LogP contribution in [-0.4, -0.2) is 52.2 Å². The average Bonchev–Trinajstić information content (AvgIpc) is 2.86. The minimum atomic E-state index is -3.67. The number of nitrogens with zero attached hydrogens (tertiary/aromatic N) is 3. The number of anilines is 1. The van der Waals surface area contributed by atoms with Gasteiger partial charge in [-0.05, 0) is 55.0 Å². The van der Waals surface area contributed by atoms with Crippen molar-refractivity contribution in [2.75, 3.05) is 38.8 Å². The van der Waals surface area contributed by atoms with Gasteiger partial charge in [-0.15, -0.1) is 0 Å². The molecular weight excluding hydrogens is 485 g/mol. The van der Waals surface area contributed by atoms with Crippen molar-refractivity contribution in [3.05, 3.63) is 53.6 Å². The Morgan fingerprint density at radius 2 is 1.83 bits per heavy atom. The Morgan fingerprint density at radius 1 is 1.11 bits per heavy atom. The molecule has 0 unspecified atom stereocenters. The second kappa shape index (κ2) is 11.2. The summed E-state index contributed by atoms with van der Waals surface area (Å²) >= 11 is 0. The first-order valence-corrected chi connectivity index (χ1v) is 13.2. The predicted octanol–water partition coefficient (Wildman–Crippen LogP) is 3.36. The van der Waals surface area contributed by atoms with E-state index in [2.05, 4.69) is 9.62 Å². The minimum Gasteiger partial charge on any atom is -0.493 e. The van der Waals surface area contributed by atoms with E-state index in [0.717, 1.165) is 43.6 Å². The third-order valence-corrected chi connectivity index (χ3v) is 6.85. The van der Waals surface area contributed by atoms with Gasteiger partial charge in [0.25, 0.3) is 10.2 Å². The average molecular weight is 516 g/mol. The van der Waals surface area contributed by atoms with Gasteiger partial charge in [0.1, 0.15) is 11.6 Å². The molecular formula is C25H30FN5O4S. The number of piperidine rings is 1. The Hall–Kier alpha value is -3.28. The molecule has 2 heterocycles. The molecule has 0 saturated carbocycles. The molecule has 2 aromatic carbocycles. The van der Waals surface area contributed by atoms with E-state index in [9.17, 15) is 12.8 Å². The fourth-order valence-electron chi connectivity index (χ4n) is 4.39. The highest BCUT2D eigenvalue weighted by Crippen LogP contribution is 2.36. The predicted molar refractivity (Wildman–Crippen MR) is 139 cm³/mol. The zero-order valence-electron chi connectivity index (χ0n) is 20.3. The van der Waals surface area contributed by atoms with Crippen LogP contribution in [-0.2, 0) is 10.2 Å². The number of aromatic nitrogens is 2. The van der Waals surface area contributed by atoms with Crippen molar-refractivity contribution in [1.29, 1.82) is 0 Å². The van der Waals surface area contributed by atoms with Crippen LogP contribution in [0.15, 0.2) is 36.4 Å². The number of methoxy groups -OCH3 is 2. The molecule has 0 amide bonds. The number of hydrogen-bond donors (Lipinski definition) is 2. The van der Waals surface area contributed by atoms with Gasteiger partial charge in [-0.3, -0.25) is 0 Å². The first-order chi connectivity index (χ1) is 17.3. The van der Waals surface area contributed by atoms with Crippen LogP contribution in [0, 0.1) is 11.7 Å². The van der Waals surface area contributed by atoms with Gasteiger partial charge in [0, 0.05) is 31.1 Å². The first kappa shape index (κ1) is 25.8. The van der Waals surface area contributed by atoms with Gasteiger partial charge in [0.2, 0.25) is 0 Å². The van der Waals surface area contributed by atoms with Crippen molar-refractivity contribution >= 4 is 39.1 Å². The molecule has 36 heavy (non-hydrogen) atoms. The number of nitrogens with one attached hydrogen (secondary N) is 1. The summed E-state index contributed by atoms with van der Waals surface area (Å²) in [6.45, 7) is 1.84. The van der Waals surface area contributed by atoms with Crippen LogP contribution in [0.4, 0.5) is 10.2 Å². The molecule has 1 aliphatic rings. The fourth-order valence-corrected chi connectivity index (χ4v) is 4.79. The van der Waals surface area contributed by atoms with Crippen molar-refractivity contribution in [3.8, 4) is 11.5 Å². The molecule has 4 rings (SSSR count). The van der Waals surface area contributed by atoms with E-state index in [1.807, 2.05) is 18.2 Å². The highest BCUT2D eigenvalue weighted by atomic mass is 32.2. The molecule has 11 heteroatoms. The normalized spacial score (nSPS) is 15.1.